The molecule has 0 unspecified atom stereocenters. The molecule has 1 saturated heterocycles. The van der Waals surface area contributed by atoms with Gasteiger partial charge in [0.05, 0.1) is 11.8 Å². The van der Waals surface area contributed by atoms with Crippen molar-refractivity contribution in [2.24, 2.45) is 5.92 Å². The summed E-state index contributed by atoms with van der Waals surface area (Å²) in [5.74, 6) is 0.253. The zero-order valence-electron chi connectivity index (χ0n) is 12.1. The Morgan fingerprint density at radius 1 is 1.37 bits per heavy atom. The van der Waals surface area contributed by atoms with Crippen molar-refractivity contribution in [2.75, 3.05) is 13.1 Å². The van der Waals surface area contributed by atoms with E-state index in [-0.39, 0.29) is 5.92 Å². The Kier molecular flexibility index (Phi) is 7.92. The molecule has 106 valence electrons. The smallest absolute Gasteiger partial charge is 0.180 e. The molecule has 2 heterocycles. The number of aromatic nitrogens is 1. The van der Waals surface area contributed by atoms with Gasteiger partial charge in [-0.25, -0.2) is 4.98 Å². The molecule has 0 aliphatic carbocycles. The van der Waals surface area contributed by atoms with Gasteiger partial charge in [0.2, 0.25) is 0 Å². The third-order valence-electron chi connectivity index (χ3n) is 3.35. The van der Waals surface area contributed by atoms with Crippen LogP contribution in [-0.4, -0.2) is 23.0 Å². The van der Waals surface area contributed by atoms with Crippen molar-refractivity contribution in [1.29, 1.82) is 5.26 Å². The van der Waals surface area contributed by atoms with Gasteiger partial charge < -0.3 is 4.42 Å². The van der Waals surface area contributed by atoms with E-state index in [0.29, 0.717) is 0 Å². The first kappa shape index (κ1) is 15.7. The molecule has 0 atom stereocenters. The number of piperidine rings is 1. The zero-order chi connectivity index (χ0) is 13.9. The van der Waals surface area contributed by atoms with Gasteiger partial charge in [-0.3, -0.25) is 4.90 Å². The number of nitriles is 1. The van der Waals surface area contributed by atoms with E-state index in [2.05, 4.69) is 29.8 Å². The highest BCUT2D eigenvalue weighted by Gasteiger charge is 2.18. The number of hydrogen-bond acceptors (Lipinski definition) is 4. The maximum Gasteiger partial charge on any atom is 0.180 e. The fourth-order valence-electron chi connectivity index (χ4n) is 2.12. The van der Waals surface area contributed by atoms with E-state index in [1.54, 1.807) is 6.26 Å². The maximum absolute atomic E-state index is 8.74. The highest BCUT2D eigenvalue weighted by atomic mass is 16.3. The molecule has 0 saturated carbocycles. The van der Waals surface area contributed by atoms with Gasteiger partial charge >= 0.3 is 0 Å². The fraction of sp³-hybridized carbons (Fsp3) is 0.733. The minimum atomic E-state index is 0.253. The van der Waals surface area contributed by atoms with Crippen molar-refractivity contribution < 1.29 is 4.42 Å². The average Bonchev–Trinajstić information content (AvgIpc) is 2.94. The summed E-state index contributed by atoms with van der Waals surface area (Å²) in [4.78, 5) is 6.39. The first-order chi connectivity index (χ1) is 9.30. The molecule has 1 aromatic heterocycles. The van der Waals surface area contributed by atoms with Crippen molar-refractivity contribution in [3.8, 4) is 6.07 Å². The SMILES string of the molecule is CCCCC.N#CC1CCN(Cc2cocn2)CC1. The third-order valence-corrected chi connectivity index (χ3v) is 3.35. The second-order valence-corrected chi connectivity index (χ2v) is 5.01. The van der Waals surface area contributed by atoms with E-state index in [4.69, 9.17) is 9.68 Å². The molecule has 1 aromatic rings. The van der Waals surface area contributed by atoms with Crippen LogP contribution in [0.4, 0.5) is 0 Å². The Labute approximate surface area is 116 Å². The first-order valence-corrected chi connectivity index (χ1v) is 7.29. The molecule has 0 aromatic carbocycles. The molecule has 0 bridgehead atoms. The Morgan fingerprint density at radius 2 is 2.05 bits per heavy atom. The van der Waals surface area contributed by atoms with Crippen molar-refractivity contribution in [1.82, 2.24) is 9.88 Å². The predicted molar refractivity (Wildman–Crippen MR) is 75.3 cm³/mol. The minimum absolute atomic E-state index is 0.253. The highest BCUT2D eigenvalue weighted by molar-refractivity contribution is 4.93. The van der Waals surface area contributed by atoms with Gasteiger partial charge in [0, 0.05) is 12.5 Å². The van der Waals surface area contributed by atoms with Crippen LogP contribution in [0.3, 0.4) is 0 Å². The largest absolute Gasteiger partial charge is 0.451 e. The fourth-order valence-corrected chi connectivity index (χ4v) is 2.12. The molecule has 19 heavy (non-hydrogen) atoms. The summed E-state index contributed by atoms with van der Waals surface area (Å²) >= 11 is 0. The van der Waals surface area contributed by atoms with E-state index < -0.39 is 0 Å². The lowest BCUT2D eigenvalue weighted by molar-refractivity contribution is 0.196. The summed E-state index contributed by atoms with van der Waals surface area (Å²) in [7, 11) is 0. The Bertz CT molecular complexity index is 346. The average molecular weight is 263 g/mol. The van der Waals surface area contributed by atoms with Gasteiger partial charge in [-0.05, 0) is 25.9 Å². The van der Waals surface area contributed by atoms with Crippen LogP contribution in [0.5, 0.6) is 0 Å². The summed E-state index contributed by atoms with van der Waals surface area (Å²) in [6.07, 6.45) is 9.17. The molecule has 0 amide bonds. The highest BCUT2D eigenvalue weighted by Crippen LogP contribution is 2.17. The molecular weight excluding hydrogens is 238 g/mol. The Hall–Kier alpha value is -1.34. The van der Waals surface area contributed by atoms with E-state index in [9.17, 15) is 0 Å². The van der Waals surface area contributed by atoms with E-state index in [0.717, 1.165) is 38.2 Å². The van der Waals surface area contributed by atoms with E-state index in [1.165, 1.54) is 25.7 Å². The van der Waals surface area contributed by atoms with Gasteiger partial charge in [0.25, 0.3) is 0 Å². The monoisotopic (exact) mass is 263 g/mol. The lowest BCUT2D eigenvalue weighted by Gasteiger charge is -2.27. The predicted octanol–water partition coefficient (Wildman–Crippen LogP) is 3.61. The molecule has 0 radical (unpaired) electrons. The summed E-state index contributed by atoms with van der Waals surface area (Å²) in [6.45, 7) is 7.25. The molecule has 4 heteroatoms. The van der Waals surface area contributed by atoms with Crippen LogP contribution in [0, 0.1) is 17.2 Å². The topological polar surface area (TPSA) is 53.1 Å². The summed E-state index contributed by atoms with van der Waals surface area (Å²) in [5, 5.41) is 8.74. The van der Waals surface area contributed by atoms with E-state index in [1.807, 2.05) is 0 Å². The number of unbranched alkanes of at least 4 members (excludes halogenated alkanes) is 2. The van der Waals surface area contributed by atoms with Crippen molar-refractivity contribution >= 4 is 0 Å². The Morgan fingerprint density at radius 3 is 2.47 bits per heavy atom. The summed E-state index contributed by atoms with van der Waals surface area (Å²) < 4.78 is 4.91. The van der Waals surface area contributed by atoms with Gasteiger partial charge in [-0.15, -0.1) is 0 Å². The minimum Gasteiger partial charge on any atom is -0.451 e. The second-order valence-electron chi connectivity index (χ2n) is 5.01. The Balaban J connectivity index is 0.000000312. The molecule has 0 spiro atoms. The van der Waals surface area contributed by atoms with Crippen LogP contribution >= 0.6 is 0 Å². The first-order valence-electron chi connectivity index (χ1n) is 7.29. The van der Waals surface area contributed by atoms with Gasteiger partial charge in [0.15, 0.2) is 6.39 Å². The summed E-state index contributed by atoms with van der Waals surface area (Å²) in [6, 6.07) is 2.32. The van der Waals surface area contributed by atoms with Crippen molar-refractivity contribution in [3.05, 3.63) is 18.4 Å². The normalized spacial score (nSPS) is 16.5. The summed E-state index contributed by atoms with van der Waals surface area (Å²) in [5.41, 5.74) is 0.973. The van der Waals surface area contributed by atoms with Gasteiger partial charge in [-0.1, -0.05) is 33.1 Å². The van der Waals surface area contributed by atoms with Gasteiger partial charge in [-0.2, -0.15) is 5.26 Å². The lowest BCUT2D eigenvalue weighted by Crippen LogP contribution is -2.32. The lowest BCUT2D eigenvalue weighted by atomic mass is 9.99. The van der Waals surface area contributed by atoms with Crippen molar-refractivity contribution in [3.63, 3.8) is 0 Å². The number of rotatable bonds is 4. The number of likely N-dealkylation sites (tertiary alicyclic amines) is 1. The van der Waals surface area contributed by atoms with Crippen molar-refractivity contribution in [2.45, 2.75) is 52.5 Å². The molecular formula is C15H25N3O. The third kappa shape index (κ3) is 6.40. The second kappa shape index (κ2) is 9.57. The zero-order valence-corrected chi connectivity index (χ0v) is 12.1. The molecule has 1 aliphatic rings. The van der Waals surface area contributed by atoms with Crippen LogP contribution in [-0.2, 0) is 6.54 Å². The van der Waals surface area contributed by atoms with Crippen LogP contribution in [0.25, 0.3) is 0 Å². The van der Waals surface area contributed by atoms with Gasteiger partial charge in [0.1, 0.15) is 6.26 Å². The maximum atomic E-state index is 8.74. The standard InChI is InChI=1S/C10H13N3O.C5H12/c11-5-9-1-3-13(4-2-9)6-10-7-14-8-12-10;1-3-5-4-2/h7-9H,1-4,6H2;3-5H2,1-2H3. The quantitative estimate of drug-likeness (QED) is 0.832. The number of oxazole rings is 1. The molecule has 4 nitrogen and oxygen atoms in total. The molecule has 1 fully saturated rings. The molecule has 2 rings (SSSR count). The van der Waals surface area contributed by atoms with Crippen LogP contribution < -0.4 is 0 Å². The number of nitrogens with zero attached hydrogens (tertiary/aromatic N) is 3. The number of hydrogen-bond donors (Lipinski definition) is 0. The van der Waals surface area contributed by atoms with E-state index >= 15 is 0 Å². The van der Waals surface area contributed by atoms with Crippen LogP contribution in [0.15, 0.2) is 17.1 Å². The van der Waals surface area contributed by atoms with Crippen LogP contribution in [0.2, 0.25) is 0 Å². The van der Waals surface area contributed by atoms with Crippen LogP contribution in [0.1, 0.15) is 51.6 Å². The molecule has 0 N–H and O–H groups in total. The molecule has 1 aliphatic heterocycles.